The first-order valence-electron chi connectivity index (χ1n) is 4.60. The number of carbonyl (C=O) groups is 1. The Hall–Kier alpha value is -1.48. The second-order valence-electron chi connectivity index (χ2n) is 3.14. The molecule has 0 spiro atoms. The molecule has 0 amide bonds. The topological polar surface area (TPSA) is 26.3 Å². The second-order valence-corrected chi connectivity index (χ2v) is 3.46. The number of hydrogen-bond acceptors (Lipinski definition) is 3. The molecule has 0 radical (unpaired) electrons. The highest BCUT2D eigenvalue weighted by Crippen LogP contribution is 2.20. The van der Waals surface area contributed by atoms with Crippen LogP contribution < -0.4 is 4.74 Å². The van der Waals surface area contributed by atoms with E-state index in [-0.39, 0.29) is 11.7 Å². The first kappa shape index (κ1) is 10.1. The van der Waals surface area contributed by atoms with Gasteiger partial charge in [-0.25, -0.2) is 0 Å². The first-order valence-corrected chi connectivity index (χ1v) is 5.23. The summed E-state index contributed by atoms with van der Waals surface area (Å²) in [5, 5.41) is 2.19. The molecule has 0 bridgehead atoms. The minimum atomic E-state index is -0.339. The fourth-order valence-corrected chi connectivity index (χ4v) is 1.46. The minimum Gasteiger partial charge on any atom is -0.426 e. The average Bonchev–Trinajstić information content (AvgIpc) is 2.29. The number of carbonyl (C=O) groups excluding carboxylic acids is 1. The van der Waals surface area contributed by atoms with Crippen molar-refractivity contribution in [2.24, 2.45) is 0 Å². The summed E-state index contributed by atoms with van der Waals surface area (Å²) >= 11 is 3.84. The van der Waals surface area contributed by atoms with E-state index in [0.717, 1.165) is 10.8 Å². The predicted molar refractivity (Wildman–Crippen MR) is 63.4 cm³/mol. The van der Waals surface area contributed by atoms with E-state index in [0.29, 0.717) is 5.75 Å². The molecule has 0 aliphatic carbocycles. The van der Waals surface area contributed by atoms with Gasteiger partial charge in [-0.05, 0) is 22.9 Å². The van der Waals surface area contributed by atoms with Crippen LogP contribution in [0, 0.1) is 0 Å². The van der Waals surface area contributed by atoms with E-state index in [1.807, 2.05) is 36.4 Å². The van der Waals surface area contributed by atoms with E-state index >= 15 is 0 Å². The Morgan fingerprint density at radius 1 is 1.13 bits per heavy atom. The van der Waals surface area contributed by atoms with Crippen LogP contribution in [0.1, 0.15) is 0 Å². The van der Waals surface area contributed by atoms with Crippen molar-refractivity contribution < 1.29 is 9.53 Å². The maximum Gasteiger partial charge on any atom is 0.321 e. The summed E-state index contributed by atoms with van der Waals surface area (Å²) in [5.41, 5.74) is 0. The number of hydrogen-bond donors (Lipinski definition) is 1. The number of benzene rings is 2. The van der Waals surface area contributed by atoms with Gasteiger partial charge in [0.05, 0.1) is 5.75 Å². The Bertz CT molecular complexity index is 494. The van der Waals surface area contributed by atoms with Gasteiger partial charge in [0.15, 0.2) is 0 Å². The summed E-state index contributed by atoms with van der Waals surface area (Å²) in [4.78, 5) is 11.0. The third-order valence-electron chi connectivity index (χ3n) is 2.08. The van der Waals surface area contributed by atoms with Gasteiger partial charge in [0.2, 0.25) is 0 Å². The molecule has 76 valence electrons. The molecule has 0 unspecified atom stereocenters. The number of ether oxygens (including phenoxy) is 1. The summed E-state index contributed by atoms with van der Waals surface area (Å²) in [6.07, 6.45) is 0. The molecule has 0 saturated carbocycles. The lowest BCUT2D eigenvalue weighted by atomic mass is 10.1. The van der Waals surface area contributed by atoms with Gasteiger partial charge in [0.1, 0.15) is 5.75 Å². The van der Waals surface area contributed by atoms with Crippen molar-refractivity contribution in [2.45, 2.75) is 0 Å². The second kappa shape index (κ2) is 4.36. The normalized spacial score (nSPS) is 10.2. The molecule has 0 saturated heterocycles. The van der Waals surface area contributed by atoms with Crippen LogP contribution in [0.5, 0.6) is 5.75 Å². The highest BCUT2D eigenvalue weighted by molar-refractivity contribution is 7.81. The van der Waals surface area contributed by atoms with Crippen LogP contribution in [-0.4, -0.2) is 11.7 Å². The third-order valence-corrected chi connectivity index (χ3v) is 2.34. The van der Waals surface area contributed by atoms with Crippen molar-refractivity contribution >= 4 is 29.4 Å². The van der Waals surface area contributed by atoms with Crippen LogP contribution in [0.3, 0.4) is 0 Å². The molecule has 2 aromatic carbocycles. The molecule has 2 aromatic rings. The molecule has 0 heterocycles. The summed E-state index contributed by atoms with van der Waals surface area (Å²) in [7, 11) is 0. The third kappa shape index (κ3) is 2.30. The summed E-state index contributed by atoms with van der Waals surface area (Å²) in [5.74, 6) is 0.314. The summed E-state index contributed by atoms with van der Waals surface area (Å²) < 4.78 is 5.06. The largest absolute Gasteiger partial charge is 0.426 e. The lowest BCUT2D eigenvalue weighted by Crippen LogP contribution is -2.08. The van der Waals surface area contributed by atoms with Gasteiger partial charge in [-0.1, -0.05) is 30.3 Å². The molecule has 0 aliphatic rings. The quantitative estimate of drug-likeness (QED) is 0.476. The van der Waals surface area contributed by atoms with Gasteiger partial charge in [0, 0.05) is 0 Å². The smallest absolute Gasteiger partial charge is 0.321 e. The van der Waals surface area contributed by atoms with E-state index < -0.39 is 0 Å². The molecule has 2 rings (SSSR count). The van der Waals surface area contributed by atoms with Gasteiger partial charge < -0.3 is 4.74 Å². The van der Waals surface area contributed by atoms with Gasteiger partial charge in [-0.2, -0.15) is 12.6 Å². The average molecular weight is 218 g/mol. The Balaban J connectivity index is 2.34. The van der Waals surface area contributed by atoms with Crippen molar-refractivity contribution in [3.05, 3.63) is 42.5 Å². The number of fused-ring (bicyclic) bond motifs is 1. The van der Waals surface area contributed by atoms with E-state index in [1.54, 1.807) is 6.07 Å². The molecule has 0 aromatic heterocycles. The molecule has 0 atom stereocenters. The molecule has 0 N–H and O–H groups in total. The molecule has 15 heavy (non-hydrogen) atoms. The van der Waals surface area contributed by atoms with Crippen LogP contribution in [0.2, 0.25) is 0 Å². The molecular weight excluding hydrogens is 208 g/mol. The van der Waals surface area contributed by atoms with E-state index in [9.17, 15) is 4.79 Å². The zero-order valence-electron chi connectivity index (χ0n) is 8.01. The Morgan fingerprint density at radius 2 is 1.87 bits per heavy atom. The van der Waals surface area contributed by atoms with E-state index in [4.69, 9.17) is 4.74 Å². The van der Waals surface area contributed by atoms with Gasteiger partial charge in [-0.3, -0.25) is 4.79 Å². The van der Waals surface area contributed by atoms with Gasteiger partial charge in [0.25, 0.3) is 0 Å². The van der Waals surface area contributed by atoms with Crippen molar-refractivity contribution in [1.29, 1.82) is 0 Å². The fraction of sp³-hybridized carbons (Fsp3) is 0.0833. The zero-order chi connectivity index (χ0) is 10.7. The highest BCUT2D eigenvalue weighted by Gasteiger charge is 2.02. The van der Waals surface area contributed by atoms with Gasteiger partial charge in [-0.15, -0.1) is 0 Å². The van der Waals surface area contributed by atoms with Crippen LogP contribution >= 0.6 is 12.6 Å². The van der Waals surface area contributed by atoms with E-state index in [1.165, 1.54) is 0 Å². The van der Waals surface area contributed by atoms with Crippen LogP contribution in [0.15, 0.2) is 42.5 Å². The Labute approximate surface area is 93.3 Å². The van der Waals surface area contributed by atoms with E-state index in [2.05, 4.69) is 12.6 Å². The number of thiol groups is 1. The Morgan fingerprint density at radius 3 is 2.60 bits per heavy atom. The summed E-state index contributed by atoms with van der Waals surface area (Å²) in [6.45, 7) is 0. The molecular formula is C12H10O2S. The molecule has 3 heteroatoms. The fourth-order valence-electron chi connectivity index (χ4n) is 1.39. The molecule has 2 nitrogen and oxygen atoms in total. The maximum atomic E-state index is 11.0. The minimum absolute atomic E-state index is 0.0901. The SMILES string of the molecule is O=C(CS)Oc1ccc2ccccc2c1. The summed E-state index contributed by atoms with van der Waals surface area (Å²) in [6, 6.07) is 13.5. The number of esters is 1. The molecule has 0 fully saturated rings. The lowest BCUT2D eigenvalue weighted by molar-refractivity contribution is -0.131. The van der Waals surface area contributed by atoms with Gasteiger partial charge >= 0.3 is 5.97 Å². The lowest BCUT2D eigenvalue weighted by Gasteiger charge is -2.03. The molecule has 0 aliphatic heterocycles. The number of rotatable bonds is 2. The predicted octanol–water partition coefficient (Wildman–Crippen LogP) is 2.68. The van der Waals surface area contributed by atoms with Crippen molar-refractivity contribution in [2.75, 3.05) is 5.75 Å². The Kier molecular flexibility index (Phi) is 2.92. The van der Waals surface area contributed by atoms with Crippen molar-refractivity contribution in [3.63, 3.8) is 0 Å². The highest BCUT2D eigenvalue weighted by atomic mass is 32.1. The van der Waals surface area contributed by atoms with Crippen LogP contribution in [0.25, 0.3) is 10.8 Å². The van der Waals surface area contributed by atoms with Crippen molar-refractivity contribution in [1.82, 2.24) is 0 Å². The zero-order valence-corrected chi connectivity index (χ0v) is 8.91. The maximum absolute atomic E-state index is 11.0. The standard InChI is InChI=1S/C12H10O2S/c13-12(8-15)14-11-6-5-9-3-1-2-4-10(9)7-11/h1-7,15H,8H2. The van der Waals surface area contributed by atoms with Crippen LogP contribution in [0.4, 0.5) is 0 Å². The first-order chi connectivity index (χ1) is 7.29. The van der Waals surface area contributed by atoms with Crippen molar-refractivity contribution in [3.8, 4) is 5.75 Å². The monoisotopic (exact) mass is 218 g/mol. The van der Waals surface area contributed by atoms with Crippen LogP contribution in [-0.2, 0) is 4.79 Å².